The second-order valence-electron chi connectivity index (χ2n) is 12.8. The molecule has 3 aliphatic rings. The number of carbonyl (C=O) groups excluding carboxylic acids is 2. The molecule has 1 amide bonds. The first kappa shape index (κ1) is 28.6. The molecule has 2 atom stereocenters. The minimum absolute atomic E-state index is 0.0479. The fourth-order valence-electron chi connectivity index (χ4n) is 7.31. The lowest BCUT2D eigenvalue weighted by atomic mass is 9.87. The Hall–Kier alpha value is -4.16. The smallest absolute Gasteiger partial charge is 0.337 e. The second-order valence-corrected chi connectivity index (χ2v) is 12.8. The van der Waals surface area contributed by atoms with Crippen LogP contribution in [0.2, 0.25) is 0 Å². The summed E-state index contributed by atoms with van der Waals surface area (Å²) >= 11 is 0. The van der Waals surface area contributed by atoms with Gasteiger partial charge >= 0.3 is 5.97 Å². The van der Waals surface area contributed by atoms with Gasteiger partial charge in [-0.25, -0.2) is 4.79 Å². The van der Waals surface area contributed by atoms with Gasteiger partial charge in [-0.05, 0) is 103 Å². The van der Waals surface area contributed by atoms with E-state index in [2.05, 4.69) is 65.0 Å². The number of benzene rings is 3. The number of methoxy groups -OCH3 is 1. The molecule has 6 nitrogen and oxygen atoms in total. The summed E-state index contributed by atoms with van der Waals surface area (Å²) in [5.41, 5.74) is 11.9. The van der Waals surface area contributed by atoms with Crippen LogP contribution in [0.1, 0.15) is 80.8 Å². The zero-order chi connectivity index (χ0) is 30.4. The van der Waals surface area contributed by atoms with Crippen LogP contribution >= 0.6 is 0 Å². The molecule has 0 radical (unpaired) electrons. The van der Waals surface area contributed by atoms with E-state index in [1.54, 1.807) is 6.07 Å². The second kappa shape index (κ2) is 11.7. The Morgan fingerprint density at radius 1 is 0.932 bits per heavy atom. The number of nitrogens with one attached hydrogen (secondary N) is 1. The Labute approximate surface area is 260 Å². The van der Waals surface area contributed by atoms with Crippen molar-refractivity contribution in [3.63, 3.8) is 0 Å². The van der Waals surface area contributed by atoms with Crippen LogP contribution < -0.4 is 5.32 Å². The van der Waals surface area contributed by atoms with Gasteiger partial charge in [0.15, 0.2) is 0 Å². The molecule has 4 aromatic rings. The number of ether oxygens (including phenoxy) is 1. The van der Waals surface area contributed by atoms with Crippen molar-refractivity contribution < 1.29 is 14.3 Å². The Morgan fingerprint density at radius 3 is 2.52 bits per heavy atom. The van der Waals surface area contributed by atoms with Crippen LogP contribution in [0.15, 0.2) is 72.8 Å². The van der Waals surface area contributed by atoms with Gasteiger partial charge in [-0.1, -0.05) is 54.6 Å². The summed E-state index contributed by atoms with van der Waals surface area (Å²) in [5, 5.41) is 3.28. The molecular weight excluding hydrogens is 546 g/mol. The van der Waals surface area contributed by atoms with Crippen molar-refractivity contribution >= 4 is 11.9 Å². The SMILES string of the molecule is COC(=O)c1cccc(-c2ccc(CNC(=O)C3CC3c3ccccc3)c3c2CCN(Cc2cc(C)n(C4CC4)c2C)C3)c1. The van der Waals surface area contributed by atoms with Crippen molar-refractivity contribution in [3.05, 3.63) is 118 Å². The maximum absolute atomic E-state index is 13.2. The lowest BCUT2D eigenvalue weighted by Gasteiger charge is -2.32. The van der Waals surface area contributed by atoms with Gasteiger partial charge < -0.3 is 14.6 Å². The Balaban J connectivity index is 1.15. The van der Waals surface area contributed by atoms with Gasteiger partial charge in [-0.3, -0.25) is 9.69 Å². The molecule has 2 fully saturated rings. The standard InChI is InChI=1S/C38H41N3O3/c1-24-18-30(25(2)41(24)31-13-14-31)22-40-17-16-33-32(27-10-7-11-28(19-27)38(43)44-3)15-12-29(36(33)23-40)21-39-37(42)35-20-34(35)26-8-5-4-6-9-26/h4-12,15,18-19,31,34-35H,13-14,16-17,20-23H2,1-3H3,(H,39,42). The van der Waals surface area contributed by atoms with E-state index in [1.807, 2.05) is 30.3 Å². The minimum atomic E-state index is -0.330. The van der Waals surface area contributed by atoms with E-state index in [0.29, 0.717) is 24.1 Å². The topological polar surface area (TPSA) is 63.6 Å². The maximum Gasteiger partial charge on any atom is 0.337 e. The highest BCUT2D eigenvalue weighted by Crippen LogP contribution is 2.47. The highest BCUT2D eigenvalue weighted by Gasteiger charge is 2.43. The molecule has 226 valence electrons. The van der Waals surface area contributed by atoms with Crippen LogP contribution in [-0.4, -0.2) is 35.0 Å². The largest absolute Gasteiger partial charge is 0.465 e. The van der Waals surface area contributed by atoms with E-state index >= 15 is 0 Å². The Morgan fingerprint density at radius 2 is 1.75 bits per heavy atom. The van der Waals surface area contributed by atoms with Crippen molar-refractivity contribution in [1.29, 1.82) is 0 Å². The molecule has 3 aromatic carbocycles. The molecular formula is C38H41N3O3. The molecule has 0 saturated heterocycles. The maximum atomic E-state index is 13.2. The van der Waals surface area contributed by atoms with Crippen LogP contribution in [0, 0.1) is 19.8 Å². The molecule has 44 heavy (non-hydrogen) atoms. The number of esters is 1. The summed E-state index contributed by atoms with van der Waals surface area (Å²) in [6.45, 7) is 7.73. The number of aromatic nitrogens is 1. The summed E-state index contributed by atoms with van der Waals surface area (Å²) in [4.78, 5) is 28.1. The van der Waals surface area contributed by atoms with Crippen LogP contribution in [0.5, 0.6) is 0 Å². The van der Waals surface area contributed by atoms with Gasteiger partial charge in [0.25, 0.3) is 0 Å². The van der Waals surface area contributed by atoms with Gasteiger partial charge in [0, 0.05) is 49.5 Å². The van der Waals surface area contributed by atoms with Gasteiger partial charge in [0.05, 0.1) is 12.7 Å². The van der Waals surface area contributed by atoms with Crippen LogP contribution in [0.3, 0.4) is 0 Å². The summed E-state index contributed by atoms with van der Waals surface area (Å²) < 4.78 is 7.52. The minimum Gasteiger partial charge on any atom is -0.465 e. The quantitative estimate of drug-likeness (QED) is 0.217. The Kier molecular flexibility index (Phi) is 7.63. The number of hydrogen-bond acceptors (Lipinski definition) is 4. The first-order chi connectivity index (χ1) is 21.4. The van der Waals surface area contributed by atoms with E-state index in [0.717, 1.165) is 43.6 Å². The highest BCUT2D eigenvalue weighted by atomic mass is 16.5. The highest BCUT2D eigenvalue weighted by molar-refractivity contribution is 5.91. The molecule has 1 aliphatic heterocycles. The monoisotopic (exact) mass is 587 g/mol. The molecule has 2 aliphatic carbocycles. The van der Waals surface area contributed by atoms with E-state index < -0.39 is 0 Å². The number of amides is 1. The molecule has 0 bridgehead atoms. The predicted molar refractivity (Wildman–Crippen MR) is 172 cm³/mol. The lowest BCUT2D eigenvalue weighted by molar-refractivity contribution is -0.122. The van der Waals surface area contributed by atoms with Crippen LogP contribution in [0.4, 0.5) is 0 Å². The molecule has 2 saturated carbocycles. The third-order valence-corrected chi connectivity index (χ3v) is 9.89. The average molecular weight is 588 g/mol. The molecule has 1 N–H and O–H groups in total. The van der Waals surface area contributed by atoms with Crippen molar-refractivity contribution in [2.75, 3.05) is 13.7 Å². The zero-order valence-electron chi connectivity index (χ0n) is 25.9. The molecule has 6 heteroatoms. The van der Waals surface area contributed by atoms with E-state index in [4.69, 9.17) is 4.74 Å². The average Bonchev–Trinajstić information content (AvgIpc) is 3.99. The van der Waals surface area contributed by atoms with Crippen molar-refractivity contribution in [3.8, 4) is 11.1 Å². The molecule has 1 aromatic heterocycles. The van der Waals surface area contributed by atoms with Gasteiger partial charge in [-0.15, -0.1) is 0 Å². The normalized spacial score (nSPS) is 19.3. The van der Waals surface area contributed by atoms with Crippen molar-refractivity contribution in [2.24, 2.45) is 5.92 Å². The number of carbonyl (C=O) groups is 2. The molecule has 7 rings (SSSR count). The van der Waals surface area contributed by atoms with Crippen molar-refractivity contribution in [1.82, 2.24) is 14.8 Å². The van der Waals surface area contributed by atoms with Gasteiger partial charge in [0.1, 0.15) is 0 Å². The van der Waals surface area contributed by atoms with Crippen LogP contribution in [0.25, 0.3) is 11.1 Å². The van der Waals surface area contributed by atoms with Crippen LogP contribution in [-0.2, 0) is 35.6 Å². The van der Waals surface area contributed by atoms with E-state index in [9.17, 15) is 9.59 Å². The number of fused-ring (bicyclic) bond motifs is 1. The molecule has 2 unspecified atom stereocenters. The number of aryl methyl sites for hydroxylation is 1. The molecule has 2 heterocycles. The number of rotatable bonds is 9. The van der Waals surface area contributed by atoms with Crippen molar-refractivity contribution in [2.45, 2.75) is 71.1 Å². The summed E-state index contributed by atoms with van der Waals surface area (Å²) in [7, 11) is 1.42. The number of nitrogens with zero attached hydrogens (tertiary/aromatic N) is 2. The van der Waals surface area contributed by atoms with Gasteiger partial charge in [0.2, 0.25) is 5.91 Å². The lowest BCUT2D eigenvalue weighted by Crippen LogP contribution is -2.33. The third kappa shape index (κ3) is 5.59. The zero-order valence-corrected chi connectivity index (χ0v) is 25.9. The fraction of sp³-hybridized carbons (Fsp3) is 0.368. The first-order valence-corrected chi connectivity index (χ1v) is 16.0. The van der Waals surface area contributed by atoms with E-state index in [1.165, 1.54) is 59.2 Å². The Bertz CT molecular complexity index is 1720. The summed E-state index contributed by atoms with van der Waals surface area (Å²) in [6, 6.07) is 25.5. The van der Waals surface area contributed by atoms with E-state index in [-0.39, 0.29) is 17.8 Å². The third-order valence-electron chi connectivity index (χ3n) is 9.89. The summed E-state index contributed by atoms with van der Waals surface area (Å²) in [5.74, 6) is 0.179. The first-order valence-electron chi connectivity index (χ1n) is 16.0. The fourth-order valence-corrected chi connectivity index (χ4v) is 7.31. The van der Waals surface area contributed by atoms with Gasteiger partial charge in [-0.2, -0.15) is 0 Å². The summed E-state index contributed by atoms with van der Waals surface area (Å²) in [6.07, 6.45) is 4.40. The molecule has 0 spiro atoms. The predicted octanol–water partition coefficient (Wildman–Crippen LogP) is 6.87. The number of hydrogen-bond donors (Lipinski definition) is 1.